The molecule has 0 N–H and O–H groups in total. The fourth-order valence-corrected chi connectivity index (χ4v) is 20.8. The Labute approximate surface area is 752 Å². The highest BCUT2D eigenvalue weighted by Crippen LogP contribution is 2.67. The average Bonchev–Trinajstić information content (AvgIpc) is 1.64. The minimum atomic E-state index is -0.649. The summed E-state index contributed by atoms with van der Waals surface area (Å²) >= 11 is 0. The van der Waals surface area contributed by atoms with Crippen LogP contribution in [0.2, 0.25) is 0 Å². The molecule has 127 heavy (non-hydrogen) atoms. The van der Waals surface area contributed by atoms with E-state index < -0.39 is 54.3 Å². The zero-order chi connectivity index (χ0) is 92.4. The molecule has 4 aromatic heterocycles. The van der Waals surface area contributed by atoms with Crippen LogP contribution in [-0.4, -0.2) is 18.3 Å². The molecule has 0 fully saturated rings. The third-order valence-corrected chi connectivity index (χ3v) is 26.8. The van der Waals surface area contributed by atoms with Crippen molar-refractivity contribution in [1.29, 1.82) is 0 Å². The zero-order valence-electron chi connectivity index (χ0n) is 80.2. The molecule has 0 amide bonds. The smallest absolute Gasteiger partial charge is 0.0645 e. The van der Waals surface area contributed by atoms with Crippen LogP contribution in [0.3, 0.4) is 0 Å². The lowest BCUT2D eigenvalue weighted by Gasteiger charge is -2.47. The van der Waals surface area contributed by atoms with Gasteiger partial charge in [0.25, 0.3) is 0 Å². The summed E-state index contributed by atoms with van der Waals surface area (Å²) in [7, 11) is 0. The van der Waals surface area contributed by atoms with Crippen molar-refractivity contribution < 1.29 is 11.0 Å². The fourth-order valence-electron chi connectivity index (χ4n) is 20.8. The summed E-state index contributed by atoms with van der Waals surface area (Å²) in [6.45, 7) is 20.5. The first-order valence-corrected chi connectivity index (χ1v) is 44.1. The monoisotopic (exact) mass is 1640 g/mol. The van der Waals surface area contributed by atoms with E-state index in [2.05, 4.69) is 438 Å². The van der Waals surface area contributed by atoms with Gasteiger partial charge in [-0.15, -0.1) is 0 Å². The third-order valence-electron chi connectivity index (χ3n) is 26.8. The average molecular weight is 1640 g/mol. The number of anilines is 6. The van der Waals surface area contributed by atoms with Crippen LogP contribution in [0.25, 0.3) is 166 Å². The lowest BCUT2D eigenvalue weighted by Crippen LogP contribution is -2.30. The normalized spacial score (nSPS) is 14.3. The Morgan fingerprint density at radius 3 is 1.10 bits per heavy atom. The van der Waals surface area contributed by atoms with Crippen LogP contribution < -0.4 is 9.80 Å². The Morgan fingerprint density at radius 2 is 0.622 bits per heavy atom. The molecule has 2 aliphatic heterocycles. The second kappa shape index (κ2) is 28.7. The zero-order valence-corrected chi connectivity index (χ0v) is 72.2. The molecule has 1 unspecified atom stereocenters. The SMILES string of the molecule is [2H]c1c([2H])c([2H])c2c(c1[2H])c1c([2H])c([2H])c([2H])c([2H])c1n2-c1cc2c3c(c1)N(c1c(-c4ccccc4)cc4c(c1-c1ccccc1)c1ccccc1n4-c1ccccc1)c1cc(-n4c5ccc(C(C)(C)C)cc5c5cc(C(C)(C)C)ccc54)ccc1C3c1cc(-c3cccc(C(C)(C)C)c3)ccc1N2c1c(-c2ccccc2)cc2c(c1-c1ccccc1)c1ccccc1n2-c1ccccc1. The predicted octanol–water partition coefficient (Wildman–Crippen LogP) is 33.0. The molecule has 6 heterocycles. The molecule has 6 nitrogen and oxygen atoms in total. The van der Waals surface area contributed by atoms with Gasteiger partial charge < -0.3 is 28.1 Å². The number of para-hydroxylation sites is 6. The molecular formula is C121H94N6. The van der Waals surface area contributed by atoms with Gasteiger partial charge in [-0.3, -0.25) is 0 Å². The molecule has 0 bridgehead atoms. The van der Waals surface area contributed by atoms with Crippen LogP contribution in [0.15, 0.2) is 400 Å². The van der Waals surface area contributed by atoms with Gasteiger partial charge in [-0.2, -0.15) is 0 Å². The number of hydrogen-bond donors (Lipinski definition) is 0. The first-order chi connectivity index (χ1) is 65.3. The molecule has 608 valence electrons. The van der Waals surface area contributed by atoms with E-state index in [0.717, 1.165) is 178 Å². The topological polar surface area (TPSA) is 26.2 Å². The second-order valence-corrected chi connectivity index (χ2v) is 37.4. The maximum atomic E-state index is 10.5. The molecule has 22 aromatic rings. The summed E-state index contributed by atoms with van der Waals surface area (Å²) in [4.78, 5) is 5.03. The van der Waals surface area contributed by atoms with E-state index in [-0.39, 0.29) is 38.1 Å². The highest BCUT2D eigenvalue weighted by molar-refractivity contribution is 6.25. The summed E-state index contributed by atoms with van der Waals surface area (Å²) < 4.78 is 89.3. The van der Waals surface area contributed by atoms with E-state index >= 15 is 0 Å². The van der Waals surface area contributed by atoms with Gasteiger partial charge >= 0.3 is 0 Å². The van der Waals surface area contributed by atoms with Crippen molar-refractivity contribution in [3.8, 4) is 78.4 Å². The van der Waals surface area contributed by atoms with Gasteiger partial charge in [0.1, 0.15) is 0 Å². The predicted molar refractivity (Wildman–Crippen MR) is 537 cm³/mol. The van der Waals surface area contributed by atoms with Gasteiger partial charge in [0.05, 0.1) is 94.9 Å². The van der Waals surface area contributed by atoms with E-state index in [1.54, 1.807) is 4.57 Å². The molecule has 18 aromatic carbocycles. The Bertz CT molecular complexity index is 8610. The quantitative estimate of drug-likeness (QED) is 0.129. The fraction of sp³-hybridized carbons (Fsp3) is 0.107. The first kappa shape index (κ1) is 67.3. The van der Waals surface area contributed by atoms with Crippen LogP contribution >= 0.6 is 0 Å². The van der Waals surface area contributed by atoms with Gasteiger partial charge in [0, 0.05) is 93.9 Å². The number of aromatic nitrogens is 4. The molecule has 6 heteroatoms. The van der Waals surface area contributed by atoms with Crippen LogP contribution in [0.5, 0.6) is 0 Å². The van der Waals surface area contributed by atoms with Crippen LogP contribution in [-0.2, 0) is 16.2 Å². The number of nitrogens with zero attached hydrogens (tertiary/aromatic N) is 6. The van der Waals surface area contributed by atoms with Crippen molar-refractivity contribution in [2.45, 2.75) is 84.5 Å². The maximum Gasteiger partial charge on any atom is 0.0645 e. The molecule has 2 aliphatic rings. The minimum Gasteiger partial charge on any atom is -0.309 e. The molecule has 0 spiro atoms. The summed E-state index contributed by atoms with van der Waals surface area (Å²) in [5.41, 5.74) is 29.5. The van der Waals surface area contributed by atoms with E-state index in [4.69, 9.17) is 0 Å². The van der Waals surface area contributed by atoms with E-state index in [9.17, 15) is 11.0 Å². The second-order valence-electron chi connectivity index (χ2n) is 37.4. The highest BCUT2D eigenvalue weighted by atomic mass is 15.2. The molecule has 24 rings (SSSR count). The van der Waals surface area contributed by atoms with Crippen molar-refractivity contribution in [1.82, 2.24) is 18.3 Å². The highest BCUT2D eigenvalue weighted by Gasteiger charge is 2.46. The Hall–Kier alpha value is -15.2. The maximum absolute atomic E-state index is 10.5. The number of hydrogen-bond acceptors (Lipinski definition) is 2. The van der Waals surface area contributed by atoms with Crippen LogP contribution in [0, 0.1) is 0 Å². The van der Waals surface area contributed by atoms with E-state index in [1.807, 2.05) is 0 Å². The Kier molecular flexibility index (Phi) is 15.2. The molecule has 0 saturated carbocycles. The van der Waals surface area contributed by atoms with Gasteiger partial charge in [-0.1, -0.05) is 341 Å². The van der Waals surface area contributed by atoms with Crippen LogP contribution in [0.4, 0.5) is 34.1 Å². The summed E-state index contributed by atoms with van der Waals surface area (Å²) in [5.74, 6) is -0.649. The number of rotatable bonds is 11. The standard InChI is InChI=1S/C121H94N6/c1-119(2,3)82-46-36-45-80(67-82)81-59-64-105-98(68-81)113-93-63-62-87(124-103-65-60-83(120(4,5)6)69-96(103)97-70-84(121(7,8)9)61-66-104(97)124)71-106(93)127(118-95(77-39-18-11-19-40-77)75-110-115(112(118)79-43-22-13-23-44-79)92-54-31-35-58-102(92)123(110)86-49-26-15-27-50-86)108-73-88(125-99-55-32-28-51-89(99)90-52-29-33-56-100(90)125)72-107(116(108)113)126(105)117-94(76-37-16-10-17-38-76)74-109-114(111(117)78-41-20-12-21-42-78)91-53-30-34-57-101(91)122(109)85-47-24-14-25-48-85/h10-75,113H,1-9H3/i28D,29D,32D,33D,51D,52D,55D,56D. The van der Waals surface area contributed by atoms with E-state index in [1.165, 1.54) is 16.7 Å². The molecule has 0 aliphatic carbocycles. The van der Waals surface area contributed by atoms with Gasteiger partial charge in [0.15, 0.2) is 0 Å². The van der Waals surface area contributed by atoms with Gasteiger partial charge in [-0.05, 0) is 199 Å². The van der Waals surface area contributed by atoms with Crippen molar-refractivity contribution in [2.75, 3.05) is 9.80 Å². The Balaban J connectivity index is 0.961. The molecule has 0 radical (unpaired) electrons. The molecule has 1 atom stereocenters. The van der Waals surface area contributed by atoms with Gasteiger partial charge in [0.2, 0.25) is 0 Å². The molecule has 0 saturated heterocycles. The summed E-state index contributed by atoms with van der Waals surface area (Å²) in [6.07, 6.45) is 0. The van der Waals surface area contributed by atoms with Gasteiger partial charge in [-0.25, -0.2) is 0 Å². The summed E-state index contributed by atoms with van der Waals surface area (Å²) in [6, 6.07) is 124. The largest absolute Gasteiger partial charge is 0.309 e. The number of fused-ring (bicyclic) bond motifs is 16. The molecular weight excluding hydrogens is 1540 g/mol. The third kappa shape index (κ3) is 11.8. The van der Waals surface area contributed by atoms with Crippen LogP contribution in [0.1, 0.15) is 113 Å². The first-order valence-electron chi connectivity index (χ1n) is 48.1. The Morgan fingerprint density at radius 1 is 0.236 bits per heavy atom. The lowest BCUT2D eigenvalue weighted by molar-refractivity contribution is 0.590. The van der Waals surface area contributed by atoms with Crippen molar-refractivity contribution >= 4 is 121 Å². The number of benzene rings is 18. The van der Waals surface area contributed by atoms with E-state index in [0.29, 0.717) is 17.1 Å². The van der Waals surface area contributed by atoms with Crippen molar-refractivity contribution in [3.05, 3.63) is 434 Å². The minimum absolute atomic E-state index is 0.00702. The lowest BCUT2D eigenvalue weighted by atomic mass is 9.74. The van der Waals surface area contributed by atoms with Crippen molar-refractivity contribution in [2.24, 2.45) is 0 Å². The van der Waals surface area contributed by atoms with Crippen molar-refractivity contribution in [3.63, 3.8) is 0 Å². The summed E-state index contributed by atoms with van der Waals surface area (Å²) in [5, 5.41) is 6.26.